The molecule has 4 nitrogen and oxygen atoms in total. The largest absolute Gasteiger partial charge is 0.505 e. The van der Waals surface area contributed by atoms with E-state index in [1.165, 1.54) is 18.2 Å². The fourth-order valence-electron chi connectivity index (χ4n) is 3.29. The third-order valence-corrected chi connectivity index (χ3v) is 4.44. The van der Waals surface area contributed by atoms with Crippen molar-refractivity contribution >= 4 is 0 Å². The molecule has 1 aliphatic carbocycles. The van der Waals surface area contributed by atoms with Gasteiger partial charge in [-0.2, -0.15) is 0 Å². The van der Waals surface area contributed by atoms with Crippen LogP contribution in [-0.4, -0.2) is 22.3 Å². The Hall–Kier alpha value is -2.18. The molecule has 1 saturated carbocycles. The van der Waals surface area contributed by atoms with E-state index >= 15 is 0 Å². The highest BCUT2D eigenvalue weighted by molar-refractivity contribution is 5.47. The van der Waals surface area contributed by atoms with Gasteiger partial charge in [0.2, 0.25) is 0 Å². The van der Waals surface area contributed by atoms with Crippen LogP contribution in [0.5, 0.6) is 11.5 Å². The van der Waals surface area contributed by atoms with Crippen LogP contribution in [0.1, 0.15) is 23.2 Å². The number of hydrogen-bond acceptors (Lipinski definition) is 4. The molecule has 0 amide bonds. The summed E-state index contributed by atoms with van der Waals surface area (Å²) in [5, 5.41) is 26.1. The van der Waals surface area contributed by atoms with E-state index in [2.05, 4.69) is 10.6 Å². The predicted octanol–water partition coefficient (Wildman–Crippen LogP) is 2.10. The molecule has 2 fully saturated rings. The lowest BCUT2D eigenvalue weighted by Crippen LogP contribution is -2.29. The summed E-state index contributed by atoms with van der Waals surface area (Å²) >= 11 is 0. The zero-order chi connectivity index (χ0) is 15.4. The third-order valence-electron chi connectivity index (χ3n) is 4.44. The first kappa shape index (κ1) is 13.5. The molecule has 1 saturated heterocycles. The van der Waals surface area contributed by atoms with Gasteiger partial charge in [-0.1, -0.05) is 24.3 Å². The first-order valence-corrected chi connectivity index (χ1v) is 7.05. The summed E-state index contributed by atoms with van der Waals surface area (Å²) in [6.07, 6.45) is -0.363. The van der Waals surface area contributed by atoms with Crippen LogP contribution in [-0.2, 0) is 0 Å². The second-order valence-electron chi connectivity index (χ2n) is 5.70. The molecule has 4 N–H and O–H groups in total. The van der Waals surface area contributed by atoms with Gasteiger partial charge < -0.3 is 10.2 Å². The fourth-order valence-corrected chi connectivity index (χ4v) is 3.29. The zero-order valence-electron chi connectivity index (χ0n) is 11.4. The molecule has 114 valence electrons. The molecule has 4 rings (SSSR count). The maximum atomic E-state index is 13.4. The van der Waals surface area contributed by atoms with Crippen LogP contribution in [0, 0.1) is 11.6 Å². The molecule has 0 bridgehead atoms. The number of phenols is 2. The molecule has 6 heteroatoms. The van der Waals surface area contributed by atoms with E-state index < -0.39 is 11.6 Å². The van der Waals surface area contributed by atoms with Gasteiger partial charge in [-0.05, 0) is 12.1 Å². The zero-order valence-corrected chi connectivity index (χ0v) is 11.4. The molecule has 0 aromatic heterocycles. The third kappa shape index (κ3) is 1.88. The number of fused-ring (bicyclic) bond motifs is 1. The average molecular weight is 304 g/mol. The Kier molecular flexibility index (Phi) is 2.85. The Balaban J connectivity index is 1.54. The van der Waals surface area contributed by atoms with Crippen molar-refractivity contribution in [3.8, 4) is 11.5 Å². The summed E-state index contributed by atoms with van der Waals surface area (Å²) in [6, 6.07) is 8.87. The number of aromatic hydroxyl groups is 2. The number of halogens is 2. The average Bonchev–Trinajstić information content (AvgIpc) is 2.98. The first-order valence-electron chi connectivity index (χ1n) is 7.05. The lowest BCUT2D eigenvalue weighted by atomic mass is 10.1. The summed E-state index contributed by atoms with van der Waals surface area (Å²) in [7, 11) is 0. The van der Waals surface area contributed by atoms with Crippen molar-refractivity contribution in [2.45, 2.75) is 24.2 Å². The van der Waals surface area contributed by atoms with Gasteiger partial charge in [-0.15, -0.1) is 0 Å². The van der Waals surface area contributed by atoms with Crippen LogP contribution in [0.4, 0.5) is 8.78 Å². The molecule has 22 heavy (non-hydrogen) atoms. The quantitative estimate of drug-likeness (QED) is 0.686. The van der Waals surface area contributed by atoms with Crippen molar-refractivity contribution < 1.29 is 19.0 Å². The molecule has 2 atom stereocenters. The summed E-state index contributed by atoms with van der Waals surface area (Å²) < 4.78 is 26.8. The number of rotatable bonds is 2. The van der Waals surface area contributed by atoms with Crippen molar-refractivity contribution in [3.05, 3.63) is 59.2 Å². The first-order chi connectivity index (χ1) is 10.6. The number of hydrogen-bond donors (Lipinski definition) is 4. The van der Waals surface area contributed by atoms with E-state index in [1.54, 1.807) is 18.2 Å². The Labute approximate surface area is 125 Å². The predicted molar refractivity (Wildman–Crippen MR) is 75.5 cm³/mol. The van der Waals surface area contributed by atoms with E-state index in [0.717, 1.165) is 0 Å². The Morgan fingerprint density at radius 2 is 1.27 bits per heavy atom. The van der Waals surface area contributed by atoms with Gasteiger partial charge in [-0.25, -0.2) is 8.78 Å². The van der Waals surface area contributed by atoms with Crippen LogP contribution in [0.25, 0.3) is 0 Å². The Bertz CT molecular complexity index is 691. The van der Waals surface area contributed by atoms with E-state index in [0.29, 0.717) is 11.1 Å². The molecule has 2 unspecified atom stereocenters. The normalized spacial score (nSPS) is 29.4. The minimum Gasteiger partial charge on any atom is -0.505 e. The highest BCUT2D eigenvalue weighted by Crippen LogP contribution is 2.50. The van der Waals surface area contributed by atoms with Crippen molar-refractivity contribution in [2.24, 2.45) is 0 Å². The molecular weight excluding hydrogens is 290 g/mol. The van der Waals surface area contributed by atoms with Crippen LogP contribution < -0.4 is 10.6 Å². The molecule has 2 aromatic carbocycles. The second-order valence-corrected chi connectivity index (χ2v) is 5.70. The minimum absolute atomic E-state index is 0.0142. The SMILES string of the molecule is Oc1c(F)cccc1C1NC2C(N1)C2c1cccc(F)c1O. The standard InChI is InChI=1S/C16H14F2N2O2/c17-9-5-1-3-7(14(9)21)11-12-13(11)20-16(19-12)8-4-2-6-10(18)15(8)22/h1-6,11-13,16,19-22H. The van der Waals surface area contributed by atoms with Gasteiger partial charge >= 0.3 is 0 Å². The van der Waals surface area contributed by atoms with E-state index in [-0.39, 0.29) is 35.7 Å². The van der Waals surface area contributed by atoms with Crippen molar-refractivity contribution in [1.29, 1.82) is 0 Å². The van der Waals surface area contributed by atoms with Gasteiger partial charge in [0.25, 0.3) is 0 Å². The lowest BCUT2D eigenvalue weighted by Gasteiger charge is -2.19. The summed E-state index contributed by atoms with van der Waals surface area (Å²) in [6.45, 7) is 0. The number of benzene rings is 2. The molecule has 1 heterocycles. The van der Waals surface area contributed by atoms with E-state index in [4.69, 9.17) is 0 Å². The van der Waals surface area contributed by atoms with Crippen LogP contribution in [0.2, 0.25) is 0 Å². The maximum Gasteiger partial charge on any atom is 0.165 e. The smallest absolute Gasteiger partial charge is 0.165 e. The molecule has 1 aliphatic heterocycles. The second kappa shape index (κ2) is 4.66. The summed E-state index contributed by atoms with van der Waals surface area (Å²) in [5.74, 6) is -2.04. The highest BCUT2D eigenvalue weighted by atomic mass is 19.1. The molecule has 0 radical (unpaired) electrons. The highest BCUT2D eigenvalue weighted by Gasteiger charge is 2.58. The maximum absolute atomic E-state index is 13.4. The number of phenolic OH excluding ortho intramolecular Hbond substituents is 2. The Morgan fingerprint density at radius 3 is 1.86 bits per heavy atom. The molecule has 2 aromatic rings. The summed E-state index contributed by atoms with van der Waals surface area (Å²) in [4.78, 5) is 0. The van der Waals surface area contributed by atoms with Crippen molar-refractivity contribution in [1.82, 2.24) is 10.6 Å². The minimum atomic E-state index is -0.666. The molecule has 2 aliphatic rings. The summed E-state index contributed by atoms with van der Waals surface area (Å²) in [5.41, 5.74) is 0.992. The monoisotopic (exact) mass is 304 g/mol. The van der Waals surface area contributed by atoms with Gasteiger partial charge in [-0.3, -0.25) is 10.6 Å². The van der Waals surface area contributed by atoms with Crippen molar-refractivity contribution in [3.63, 3.8) is 0 Å². The topological polar surface area (TPSA) is 64.5 Å². The molecular formula is C16H14F2N2O2. The van der Waals surface area contributed by atoms with Crippen LogP contribution in [0.3, 0.4) is 0 Å². The van der Waals surface area contributed by atoms with Gasteiger partial charge in [0.1, 0.15) is 0 Å². The molecule has 0 spiro atoms. The van der Waals surface area contributed by atoms with Gasteiger partial charge in [0.15, 0.2) is 23.1 Å². The van der Waals surface area contributed by atoms with Gasteiger partial charge in [0.05, 0.1) is 6.17 Å². The fraction of sp³-hybridized carbons (Fsp3) is 0.250. The van der Waals surface area contributed by atoms with Gasteiger partial charge in [0, 0.05) is 29.1 Å². The lowest BCUT2D eigenvalue weighted by molar-refractivity contribution is 0.400. The number of nitrogens with one attached hydrogen (secondary N) is 2. The van der Waals surface area contributed by atoms with Crippen molar-refractivity contribution in [2.75, 3.05) is 0 Å². The van der Waals surface area contributed by atoms with E-state index in [9.17, 15) is 19.0 Å². The van der Waals surface area contributed by atoms with Crippen LogP contribution in [0.15, 0.2) is 36.4 Å². The van der Waals surface area contributed by atoms with Crippen LogP contribution >= 0.6 is 0 Å². The van der Waals surface area contributed by atoms with E-state index in [1.807, 2.05) is 0 Å². The number of para-hydroxylation sites is 2. The Morgan fingerprint density at radius 1 is 0.773 bits per heavy atom.